The van der Waals surface area contributed by atoms with Crippen LogP contribution >= 0.6 is 0 Å². The highest BCUT2D eigenvalue weighted by atomic mass is 32.2. The Kier molecular flexibility index (Phi) is 3.31. The van der Waals surface area contributed by atoms with Gasteiger partial charge in [0.15, 0.2) is 0 Å². The number of rotatable bonds is 4. The number of hydrogen-bond acceptors (Lipinski definition) is 4. The molecule has 0 saturated heterocycles. The lowest BCUT2D eigenvalue weighted by molar-refractivity contribution is 0.447. The minimum absolute atomic E-state index is 0.240. The lowest BCUT2D eigenvalue weighted by Gasteiger charge is -2.16. The Morgan fingerprint density at radius 2 is 2.00 bits per heavy atom. The number of benzene rings is 1. The molecule has 0 N–H and O–H groups in total. The van der Waals surface area contributed by atoms with Gasteiger partial charge in [0.05, 0.1) is 11.4 Å². The van der Waals surface area contributed by atoms with E-state index in [0.717, 1.165) is 25.2 Å². The summed E-state index contributed by atoms with van der Waals surface area (Å²) in [6, 6.07) is 8.43. The largest absolute Gasteiger partial charge is 0.314 e. The molecule has 0 amide bonds. The van der Waals surface area contributed by atoms with Crippen LogP contribution < -0.4 is 0 Å². The van der Waals surface area contributed by atoms with E-state index in [2.05, 4.69) is 10.2 Å². The number of aryl methyl sites for hydroxylation is 1. The van der Waals surface area contributed by atoms with Crippen molar-refractivity contribution in [2.45, 2.75) is 30.8 Å². The van der Waals surface area contributed by atoms with E-state index in [4.69, 9.17) is 0 Å². The number of nitrogens with zero attached hydrogens (tertiary/aromatic N) is 4. The van der Waals surface area contributed by atoms with Gasteiger partial charge < -0.3 is 4.57 Å². The first kappa shape index (κ1) is 13.3. The SMILES string of the molecule is CN(Cc1nnc2n1CCC2)S(=O)(=O)c1ccccc1. The molecule has 0 saturated carbocycles. The normalized spacial score (nSPS) is 14.7. The van der Waals surface area contributed by atoms with Gasteiger partial charge in [0.1, 0.15) is 11.6 Å². The van der Waals surface area contributed by atoms with E-state index >= 15 is 0 Å². The third-order valence-corrected chi connectivity index (χ3v) is 5.32. The molecular formula is C13H16N4O2S. The van der Waals surface area contributed by atoms with Gasteiger partial charge in [-0.15, -0.1) is 10.2 Å². The van der Waals surface area contributed by atoms with Crippen LogP contribution in [0, 0.1) is 0 Å². The Morgan fingerprint density at radius 3 is 2.75 bits per heavy atom. The van der Waals surface area contributed by atoms with Crippen LogP contribution in [0.5, 0.6) is 0 Å². The summed E-state index contributed by atoms with van der Waals surface area (Å²) in [6.45, 7) is 1.11. The number of sulfonamides is 1. The Labute approximate surface area is 118 Å². The van der Waals surface area contributed by atoms with Crippen molar-refractivity contribution in [3.63, 3.8) is 0 Å². The highest BCUT2D eigenvalue weighted by Gasteiger charge is 2.24. The van der Waals surface area contributed by atoms with Gasteiger partial charge in [-0.2, -0.15) is 4.31 Å². The van der Waals surface area contributed by atoms with Gasteiger partial charge in [0.25, 0.3) is 0 Å². The second-order valence-corrected chi connectivity index (χ2v) is 6.91. The predicted molar refractivity (Wildman–Crippen MR) is 73.4 cm³/mol. The molecule has 2 aromatic rings. The van der Waals surface area contributed by atoms with Crippen molar-refractivity contribution in [3.05, 3.63) is 42.0 Å². The molecule has 20 heavy (non-hydrogen) atoms. The molecular weight excluding hydrogens is 276 g/mol. The van der Waals surface area contributed by atoms with E-state index < -0.39 is 10.0 Å². The maximum absolute atomic E-state index is 12.4. The zero-order chi connectivity index (χ0) is 14.2. The van der Waals surface area contributed by atoms with Crippen molar-refractivity contribution in [3.8, 4) is 0 Å². The van der Waals surface area contributed by atoms with Crippen LogP contribution in [0.2, 0.25) is 0 Å². The van der Waals surface area contributed by atoms with E-state index in [1.165, 1.54) is 4.31 Å². The van der Waals surface area contributed by atoms with Gasteiger partial charge in [-0.25, -0.2) is 8.42 Å². The van der Waals surface area contributed by atoms with Gasteiger partial charge in [-0.05, 0) is 18.6 Å². The fourth-order valence-corrected chi connectivity index (χ4v) is 3.53. The molecule has 1 aliphatic heterocycles. The fourth-order valence-electron chi connectivity index (χ4n) is 2.38. The number of aromatic nitrogens is 3. The highest BCUT2D eigenvalue weighted by Crippen LogP contribution is 2.18. The molecule has 1 aliphatic rings. The van der Waals surface area contributed by atoms with Crippen molar-refractivity contribution in [1.29, 1.82) is 0 Å². The molecule has 1 aromatic carbocycles. The van der Waals surface area contributed by atoms with Crippen LogP contribution in [0.4, 0.5) is 0 Å². The average Bonchev–Trinajstić information content (AvgIpc) is 3.04. The molecule has 0 radical (unpaired) electrons. The van der Waals surface area contributed by atoms with Gasteiger partial charge in [-0.1, -0.05) is 18.2 Å². The van der Waals surface area contributed by atoms with Gasteiger partial charge >= 0.3 is 0 Å². The maximum atomic E-state index is 12.4. The van der Waals surface area contributed by atoms with Crippen molar-refractivity contribution in [2.75, 3.05) is 7.05 Å². The molecule has 0 spiro atoms. The van der Waals surface area contributed by atoms with Crippen molar-refractivity contribution < 1.29 is 8.42 Å². The van der Waals surface area contributed by atoms with Crippen LogP contribution in [-0.2, 0) is 29.5 Å². The van der Waals surface area contributed by atoms with Crippen LogP contribution in [0.3, 0.4) is 0 Å². The molecule has 0 atom stereocenters. The highest BCUT2D eigenvalue weighted by molar-refractivity contribution is 7.89. The second kappa shape index (κ2) is 4.99. The molecule has 106 valence electrons. The summed E-state index contributed by atoms with van der Waals surface area (Å²) in [7, 11) is -1.91. The summed E-state index contributed by atoms with van der Waals surface area (Å²) >= 11 is 0. The first-order valence-corrected chi connectivity index (χ1v) is 7.95. The average molecular weight is 292 g/mol. The summed E-state index contributed by atoms with van der Waals surface area (Å²) in [4.78, 5) is 0.295. The van der Waals surface area contributed by atoms with E-state index in [1.807, 2.05) is 4.57 Å². The van der Waals surface area contributed by atoms with E-state index in [1.54, 1.807) is 37.4 Å². The van der Waals surface area contributed by atoms with Crippen LogP contribution in [0.25, 0.3) is 0 Å². The Balaban J connectivity index is 1.84. The zero-order valence-electron chi connectivity index (χ0n) is 11.2. The Hall–Kier alpha value is -1.73. The predicted octanol–water partition coefficient (Wildman–Crippen LogP) is 1.04. The van der Waals surface area contributed by atoms with Crippen molar-refractivity contribution >= 4 is 10.0 Å². The van der Waals surface area contributed by atoms with Gasteiger partial charge in [0, 0.05) is 20.0 Å². The summed E-state index contributed by atoms with van der Waals surface area (Å²) < 4.78 is 28.2. The third kappa shape index (κ3) is 2.23. The van der Waals surface area contributed by atoms with Crippen LogP contribution in [-0.4, -0.2) is 34.5 Å². The van der Waals surface area contributed by atoms with Crippen molar-refractivity contribution in [1.82, 2.24) is 19.1 Å². The third-order valence-electron chi connectivity index (χ3n) is 3.50. The minimum Gasteiger partial charge on any atom is -0.314 e. The monoisotopic (exact) mass is 292 g/mol. The molecule has 3 rings (SSSR count). The van der Waals surface area contributed by atoms with Crippen LogP contribution in [0.1, 0.15) is 18.1 Å². The summed E-state index contributed by atoms with van der Waals surface area (Å²) in [5.74, 6) is 1.66. The van der Waals surface area contributed by atoms with E-state index in [9.17, 15) is 8.42 Å². The lowest BCUT2D eigenvalue weighted by atomic mass is 10.4. The van der Waals surface area contributed by atoms with E-state index in [0.29, 0.717) is 10.7 Å². The molecule has 0 fully saturated rings. The molecule has 7 heteroatoms. The number of fused-ring (bicyclic) bond motifs is 1. The topological polar surface area (TPSA) is 68.1 Å². The summed E-state index contributed by atoms with van der Waals surface area (Å²) in [5.41, 5.74) is 0. The zero-order valence-corrected chi connectivity index (χ0v) is 12.0. The summed E-state index contributed by atoms with van der Waals surface area (Å²) in [5, 5.41) is 8.19. The fraction of sp³-hybridized carbons (Fsp3) is 0.385. The van der Waals surface area contributed by atoms with Gasteiger partial charge in [-0.3, -0.25) is 0 Å². The quantitative estimate of drug-likeness (QED) is 0.844. The van der Waals surface area contributed by atoms with Crippen molar-refractivity contribution in [2.24, 2.45) is 0 Å². The van der Waals surface area contributed by atoms with E-state index in [-0.39, 0.29) is 6.54 Å². The number of hydrogen-bond donors (Lipinski definition) is 0. The molecule has 6 nitrogen and oxygen atoms in total. The molecule has 2 heterocycles. The molecule has 0 unspecified atom stereocenters. The standard InChI is InChI=1S/C13H16N4O2S/c1-16(20(18,19)11-6-3-2-4-7-11)10-13-15-14-12-8-5-9-17(12)13/h2-4,6-7H,5,8-10H2,1H3. The van der Waals surface area contributed by atoms with Crippen LogP contribution in [0.15, 0.2) is 35.2 Å². The summed E-state index contributed by atoms with van der Waals surface area (Å²) in [6.07, 6.45) is 1.97. The first-order chi connectivity index (χ1) is 9.59. The minimum atomic E-state index is -3.48. The Morgan fingerprint density at radius 1 is 1.25 bits per heavy atom. The second-order valence-electron chi connectivity index (χ2n) is 4.86. The smallest absolute Gasteiger partial charge is 0.243 e. The molecule has 0 bridgehead atoms. The van der Waals surface area contributed by atoms with Gasteiger partial charge in [0.2, 0.25) is 10.0 Å². The lowest BCUT2D eigenvalue weighted by Crippen LogP contribution is -2.27. The first-order valence-electron chi connectivity index (χ1n) is 6.51. The molecule has 0 aliphatic carbocycles. The molecule has 1 aromatic heterocycles. The maximum Gasteiger partial charge on any atom is 0.243 e. The Bertz CT molecular complexity index is 709.